The molecule has 0 aliphatic heterocycles. The van der Waals surface area contributed by atoms with Crippen molar-refractivity contribution in [1.82, 2.24) is 0 Å². The van der Waals surface area contributed by atoms with Crippen LogP contribution in [0.2, 0.25) is 25.7 Å². The van der Waals surface area contributed by atoms with Crippen LogP contribution in [0.15, 0.2) is 24.3 Å². The van der Waals surface area contributed by atoms with E-state index in [9.17, 15) is 0 Å². The van der Waals surface area contributed by atoms with Crippen molar-refractivity contribution in [3.05, 3.63) is 29.8 Å². The Morgan fingerprint density at radius 3 is 2.68 bits per heavy atom. The highest BCUT2D eigenvalue weighted by Gasteiger charge is 2.11. The number of benzene rings is 1. The Morgan fingerprint density at radius 1 is 1.21 bits per heavy atom. The average Bonchev–Trinajstić information content (AvgIpc) is 2.35. The largest absolute Gasteiger partial charge is 0.468 e. The molecule has 0 spiro atoms. The molecule has 0 aliphatic carbocycles. The first-order chi connectivity index (χ1) is 9.01. The lowest BCUT2D eigenvalue weighted by molar-refractivity contribution is 0.0220. The van der Waals surface area contributed by atoms with E-state index < -0.39 is 8.07 Å². The first-order valence-corrected chi connectivity index (χ1v) is 10.6. The summed E-state index contributed by atoms with van der Waals surface area (Å²) in [6.45, 7) is 8.32. The molecule has 19 heavy (non-hydrogen) atoms. The number of hydrogen-bond donors (Lipinski definition) is 1. The van der Waals surface area contributed by atoms with E-state index in [1.807, 2.05) is 18.2 Å². The molecule has 0 radical (unpaired) electrons. The van der Waals surface area contributed by atoms with E-state index in [1.165, 1.54) is 5.56 Å². The fourth-order valence-corrected chi connectivity index (χ4v) is 2.38. The number of aliphatic hydroxyl groups is 1. The fraction of sp³-hybridized carbons (Fsp3) is 0.600. The Kier molecular flexibility index (Phi) is 7.13. The first-order valence-electron chi connectivity index (χ1n) is 6.91. The standard InChI is InChI=1S/C15H26O3Si/c1-19(2,3)11-10-17-13-18-15-8-4-6-14(12-15)7-5-9-16/h4,6,8,12,16H,5,7,9-11,13H2,1-3H3. The Bertz CT molecular complexity index is 361. The van der Waals surface area contributed by atoms with E-state index >= 15 is 0 Å². The maximum Gasteiger partial charge on any atom is 0.189 e. The van der Waals surface area contributed by atoms with Gasteiger partial charge < -0.3 is 14.6 Å². The van der Waals surface area contributed by atoms with E-state index in [0.29, 0.717) is 6.79 Å². The van der Waals surface area contributed by atoms with Crippen molar-refractivity contribution >= 4 is 8.07 Å². The Balaban J connectivity index is 2.25. The van der Waals surface area contributed by atoms with Gasteiger partial charge in [-0.2, -0.15) is 0 Å². The van der Waals surface area contributed by atoms with Crippen LogP contribution in [0.5, 0.6) is 5.75 Å². The number of rotatable bonds is 9. The average molecular weight is 282 g/mol. The highest BCUT2D eigenvalue weighted by atomic mass is 28.3. The molecule has 4 heteroatoms. The lowest BCUT2D eigenvalue weighted by Crippen LogP contribution is -2.22. The highest BCUT2D eigenvalue weighted by molar-refractivity contribution is 6.76. The SMILES string of the molecule is C[Si](C)(C)CCOCOc1cccc(CCCO)c1. The minimum absolute atomic E-state index is 0.227. The third-order valence-electron chi connectivity index (χ3n) is 2.83. The zero-order valence-electron chi connectivity index (χ0n) is 12.3. The smallest absolute Gasteiger partial charge is 0.189 e. The van der Waals surface area contributed by atoms with Gasteiger partial charge in [-0.15, -0.1) is 0 Å². The van der Waals surface area contributed by atoms with Crippen LogP contribution < -0.4 is 4.74 Å². The molecule has 0 atom stereocenters. The molecule has 0 bridgehead atoms. The van der Waals surface area contributed by atoms with Crippen molar-refractivity contribution in [2.24, 2.45) is 0 Å². The van der Waals surface area contributed by atoms with Gasteiger partial charge in [0.05, 0.1) is 0 Å². The molecule has 108 valence electrons. The van der Waals surface area contributed by atoms with Crippen LogP contribution in [-0.4, -0.2) is 33.2 Å². The predicted molar refractivity (Wildman–Crippen MR) is 81.4 cm³/mol. The summed E-state index contributed by atoms with van der Waals surface area (Å²) >= 11 is 0. The predicted octanol–water partition coefficient (Wildman–Crippen LogP) is 3.30. The summed E-state index contributed by atoms with van der Waals surface area (Å²) < 4.78 is 11.1. The quantitative estimate of drug-likeness (QED) is 0.429. The highest BCUT2D eigenvalue weighted by Crippen LogP contribution is 2.15. The van der Waals surface area contributed by atoms with Crippen molar-refractivity contribution in [2.45, 2.75) is 38.5 Å². The van der Waals surface area contributed by atoms with Crippen molar-refractivity contribution < 1.29 is 14.6 Å². The molecular weight excluding hydrogens is 256 g/mol. The zero-order valence-corrected chi connectivity index (χ0v) is 13.3. The Hall–Kier alpha value is -0.843. The summed E-state index contributed by atoms with van der Waals surface area (Å²) in [6, 6.07) is 9.13. The van der Waals surface area contributed by atoms with Crippen molar-refractivity contribution in [3.8, 4) is 5.75 Å². The number of hydrogen-bond acceptors (Lipinski definition) is 3. The van der Waals surface area contributed by atoms with Gasteiger partial charge in [-0.25, -0.2) is 0 Å². The molecule has 0 heterocycles. The van der Waals surface area contributed by atoms with E-state index in [-0.39, 0.29) is 6.61 Å². The molecule has 1 N–H and O–H groups in total. The topological polar surface area (TPSA) is 38.7 Å². The molecule has 0 saturated heterocycles. The van der Waals surface area contributed by atoms with E-state index in [0.717, 1.165) is 31.2 Å². The Labute approximate surface area is 117 Å². The summed E-state index contributed by atoms with van der Waals surface area (Å²) in [4.78, 5) is 0. The molecule has 0 aliphatic rings. The summed E-state index contributed by atoms with van der Waals surface area (Å²) in [5.74, 6) is 0.837. The van der Waals surface area contributed by atoms with E-state index in [4.69, 9.17) is 14.6 Å². The van der Waals surface area contributed by atoms with Crippen LogP contribution in [0.25, 0.3) is 0 Å². The van der Waals surface area contributed by atoms with Gasteiger partial charge in [0.1, 0.15) is 5.75 Å². The zero-order chi connectivity index (χ0) is 14.1. The second-order valence-electron chi connectivity index (χ2n) is 5.96. The van der Waals surface area contributed by atoms with Gasteiger partial charge in [0.2, 0.25) is 0 Å². The van der Waals surface area contributed by atoms with Crippen LogP contribution in [0.3, 0.4) is 0 Å². The molecule has 1 rings (SSSR count). The molecule has 0 aromatic heterocycles. The summed E-state index contributed by atoms with van der Waals surface area (Å²) in [7, 11) is -1.01. The second-order valence-corrected chi connectivity index (χ2v) is 11.6. The Morgan fingerprint density at radius 2 is 2.00 bits per heavy atom. The van der Waals surface area contributed by atoms with Gasteiger partial charge in [-0.1, -0.05) is 31.8 Å². The van der Waals surface area contributed by atoms with Gasteiger partial charge in [0.25, 0.3) is 0 Å². The molecule has 1 aromatic rings. The minimum Gasteiger partial charge on any atom is -0.468 e. The number of aryl methyl sites for hydroxylation is 1. The number of ether oxygens (including phenoxy) is 2. The van der Waals surface area contributed by atoms with Gasteiger partial charge in [0.15, 0.2) is 6.79 Å². The van der Waals surface area contributed by atoms with Crippen LogP contribution in [0, 0.1) is 0 Å². The molecule has 0 saturated carbocycles. The summed E-state index contributed by atoms with van der Waals surface area (Å²) in [5, 5.41) is 8.82. The van der Waals surface area contributed by atoms with Gasteiger partial charge in [0, 0.05) is 21.3 Å². The summed E-state index contributed by atoms with van der Waals surface area (Å²) in [6.07, 6.45) is 1.67. The van der Waals surface area contributed by atoms with Gasteiger partial charge in [-0.3, -0.25) is 0 Å². The van der Waals surface area contributed by atoms with Crippen LogP contribution in [0.4, 0.5) is 0 Å². The normalized spacial score (nSPS) is 11.6. The van der Waals surface area contributed by atoms with Crippen molar-refractivity contribution in [1.29, 1.82) is 0 Å². The summed E-state index contributed by atoms with van der Waals surface area (Å²) in [5.41, 5.74) is 1.19. The first kappa shape index (κ1) is 16.2. The van der Waals surface area contributed by atoms with Gasteiger partial charge in [-0.05, 0) is 36.6 Å². The molecule has 0 fully saturated rings. The fourth-order valence-electron chi connectivity index (χ4n) is 1.62. The monoisotopic (exact) mass is 282 g/mol. The molecule has 0 unspecified atom stereocenters. The van der Waals surface area contributed by atoms with Crippen LogP contribution in [0.1, 0.15) is 12.0 Å². The van der Waals surface area contributed by atoms with E-state index in [1.54, 1.807) is 0 Å². The molecule has 3 nitrogen and oxygen atoms in total. The third kappa shape index (κ3) is 8.03. The third-order valence-corrected chi connectivity index (χ3v) is 4.53. The molecule has 0 amide bonds. The molecule has 1 aromatic carbocycles. The maximum atomic E-state index is 8.82. The van der Waals surface area contributed by atoms with Crippen molar-refractivity contribution in [2.75, 3.05) is 20.0 Å². The van der Waals surface area contributed by atoms with Crippen LogP contribution in [-0.2, 0) is 11.2 Å². The number of aliphatic hydroxyl groups excluding tert-OH is 1. The molecular formula is C15H26O3Si. The lowest BCUT2D eigenvalue weighted by atomic mass is 10.1. The van der Waals surface area contributed by atoms with Crippen molar-refractivity contribution in [3.63, 3.8) is 0 Å². The van der Waals surface area contributed by atoms with E-state index in [2.05, 4.69) is 25.7 Å². The maximum absolute atomic E-state index is 8.82. The lowest BCUT2D eigenvalue weighted by Gasteiger charge is -2.15. The van der Waals surface area contributed by atoms with Gasteiger partial charge >= 0.3 is 0 Å². The second kappa shape index (κ2) is 8.35. The minimum atomic E-state index is -1.01. The van der Waals surface area contributed by atoms with Crippen LogP contribution >= 0.6 is 0 Å².